The first kappa shape index (κ1) is 16.2. The molecule has 122 valence electrons. The van der Waals surface area contributed by atoms with E-state index in [1.807, 2.05) is 6.07 Å². The maximum atomic E-state index is 9.64. The molecule has 0 amide bonds. The smallest absolute Gasteiger partial charge is 0.222 e. The van der Waals surface area contributed by atoms with E-state index in [1.54, 1.807) is 12.4 Å². The summed E-state index contributed by atoms with van der Waals surface area (Å²) in [7, 11) is 0. The van der Waals surface area contributed by atoms with Gasteiger partial charge in [-0.3, -0.25) is 4.90 Å². The van der Waals surface area contributed by atoms with E-state index in [0.717, 1.165) is 26.1 Å². The lowest BCUT2D eigenvalue weighted by Crippen LogP contribution is -2.48. The van der Waals surface area contributed by atoms with Crippen molar-refractivity contribution in [3.8, 4) is 0 Å². The van der Waals surface area contributed by atoms with Crippen molar-refractivity contribution in [2.45, 2.75) is 19.0 Å². The minimum Gasteiger partial charge on any atom is -0.396 e. The van der Waals surface area contributed by atoms with Crippen molar-refractivity contribution < 1.29 is 5.11 Å². The van der Waals surface area contributed by atoms with Crippen LogP contribution in [0.5, 0.6) is 0 Å². The van der Waals surface area contributed by atoms with Crippen LogP contribution in [0, 0.1) is 5.92 Å². The van der Waals surface area contributed by atoms with Crippen LogP contribution in [0.15, 0.2) is 42.7 Å². The molecule has 2 unspecified atom stereocenters. The van der Waals surface area contributed by atoms with Crippen molar-refractivity contribution in [1.29, 1.82) is 0 Å². The van der Waals surface area contributed by atoms with Gasteiger partial charge in [0.1, 0.15) is 0 Å². The number of aromatic nitrogens is 2. The summed E-state index contributed by atoms with van der Waals surface area (Å²) in [5.74, 6) is 0.765. The Bertz CT molecular complexity index is 608. The molecule has 2 heterocycles. The average Bonchev–Trinajstić information content (AvgIpc) is 2.58. The Balaban J connectivity index is 1.65. The van der Waals surface area contributed by atoms with Gasteiger partial charge in [0.2, 0.25) is 5.95 Å². The van der Waals surface area contributed by atoms with Gasteiger partial charge in [0, 0.05) is 31.7 Å². The summed E-state index contributed by atoms with van der Waals surface area (Å²) < 4.78 is 0. The molecule has 23 heavy (non-hydrogen) atoms. The zero-order chi connectivity index (χ0) is 16.1. The molecule has 3 rings (SSSR count). The summed E-state index contributed by atoms with van der Waals surface area (Å²) in [6, 6.07) is 10.6. The lowest BCUT2D eigenvalue weighted by molar-refractivity contribution is 0.114. The van der Waals surface area contributed by atoms with Gasteiger partial charge in [-0.25, -0.2) is 9.97 Å². The predicted octanol–water partition coefficient (Wildman–Crippen LogP) is 2.42. The molecule has 1 aliphatic heterocycles. The number of nitrogens with zero attached hydrogens (tertiary/aromatic N) is 3. The van der Waals surface area contributed by atoms with Crippen LogP contribution in [0.25, 0.3) is 0 Å². The summed E-state index contributed by atoms with van der Waals surface area (Å²) >= 11 is 5.82. The highest BCUT2D eigenvalue weighted by Crippen LogP contribution is 2.22. The predicted molar refractivity (Wildman–Crippen MR) is 91.4 cm³/mol. The lowest BCUT2D eigenvalue weighted by Gasteiger charge is -2.38. The minimum absolute atomic E-state index is 0.124. The second-order valence-corrected chi connectivity index (χ2v) is 6.36. The van der Waals surface area contributed by atoms with E-state index in [1.165, 1.54) is 5.56 Å². The highest BCUT2D eigenvalue weighted by Gasteiger charge is 2.29. The van der Waals surface area contributed by atoms with Crippen molar-refractivity contribution in [1.82, 2.24) is 14.9 Å². The summed E-state index contributed by atoms with van der Waals surface area (Å²) in [5.41, 5.74) is 1.30. The Kier molecular flexibility index (Phi) is 5.43. The fourth-order valence-corrected chi connectivity index (χ4v) is 3.09. The van der Waals surface area contributed by atoms with Crippen molar-refractivity contribution in [3.05, 3.63) is 53.3 Å². The van der Waals surface area contributed by atoms with E-state index < -0.39 is 0 Å². The van der Waals surface area contributed by atoms with Gasteiger partial charge in [0.15, 0.2) is 0 Å². The van der Waals surface area contributed by atoms with Gasteiger partial charge in [-0.15, -0.1) is 0 Å². The zero-order valence-electron chi connectivity index (χ0n) is 12.9. The first-order chi connectivity index (χ1) is 11.2. The molecule has 1 aromatic carbocycles. The van der Waals surface area contributed by atoms with Crippen LogP contribution in [0.3, 0.4) is 0 Å². The molecule has 6 heteroatoms. The Hall–Kier alpha value is -1.69. The number of benzene rings is 1. The molecule has 1 saturated heterocycles. The summed E-state index contributed by atoms with van der Waals surface area (Å²) in [5, 5.41) is 13.5. The number of anilines is 1. The monoisotopic (exact) mass is 332 g/mol. The Morgan fingerprint density at radius 1 is 1.22 bits per heavy atom. The number of likely N-dealkylation sites (tertiary alicyclic amines) is 1. The molecule has 1 aliphatic rings. The topological polar surface area (TPSA) is 61.3 Å². The van der Waals surface area contributed by atoms with Gasteiger partial charge in [0.25, 0.3) is 0 Å². The number of piperidine rings is 1. The summed E-state index contributed by atoms with van der Waals surface area (Å²) in [4.78, 5) is 10.8. The minimum atomic E-state index is 0.124. The molecule has 5 nitrogen and oxygen atoms in total. The summed E-state index contributed by atoms with van der Waals surface area (Å²) in [6.07, 6.45) is 4.11. The second kappa shape index (κ2) is 7.73. The van der Waals surface area contributed by atoms with Crippen molar-refractivity contribution in [2.24, 2.45) is 5.92 Å². The Morgan fingerprint density at radius 3 is 2.65 bits per heavy atom. The molecule has 1 fully saturated rings. The standard InChI is InChI=1S/C17H21ClN4O/c18-15-8-19-17(20-9-15)21-16-11-22(7-6-14(16)12-23)10-13-4-2-1-3-5-13/h1-5,8-9,14,16,23H,6-7,10-12H2,(H,19,20,21). The molecule has 0 saturated carbocycles. The van der Waals surface area contributed by atoms with Crippen LogP contribution < -0.4 is 5.32 Å². The van der Waals surface area contributed by atoms with Crippen molar-refractivity contribution in [3.63, 3.8) is 0 Å². The van der Waals surface area contributed by atoms with Crippen molar-refractivity contribution >= 4 is 17.5 Å². The number of rotatable bonds is 5. The molecule has 0 radical (unpaired) electrons. The Labute approximate surface area is 141 Å². The number of aliphatic hydroxyl groups excluding tert-OH is 1. The SMILES string of the molecule is OCC1CCN(Cc2ccccc2)CC1Nc1ncc(Cl)cn1. The van der Waals surface area contributed by atoms with Crippen LogP contribution in [0.1, 0.15) is 12.0 Å². The molecule has 2 N–H and O–H groups in total. The van der Waals surface area contributed by atoms with Crippen LogP contribution >= 0.6 is 11.6 Å². The summed E-state index contributed by atoms with van der Waals surface area (Å²) in [6.45, 7) is 2.93. The normalized spacial score (nSPS) is 22.0. The van der Waals surface area contributed by atoms with E-state index >= 15 is 0 Å². The largest absolute Gasteiger partial charge is 0.396 e. The second-order valence-electron chi connectivity index (χ2n) is 5.93. The fourth-order valence-electron chi connectivity index (χ4n) is 2.99. The van der Waals surface area contributed by atoms with Gasteiger partial charge >= 0.3 is 0 Å². The van der Waals surface area contributed by atoms with Crippen LogP contribution in [-0.2, 0) is 6.54 Å². The van der Waals surface area contributed by atoms with Gasteiger partial charge in [0.05, 0.1) is 17.4 Å². The third-order valence-electron chi connectivity index (χ3n) is 4.26. The number of aliphatic hydroxyl groups is 1. The quantitative estimate of drug-likeness (QED) is 0.880. The number of nitrogens with one attached hydrogen (secondary N) is 1. The maximum Gasteiger partial charge on any atom is 0.222 e. The molecular weight excluding hydrogens is 312 g/mol. The molecule has 2 aromatic rings. The highest BCUT2D eigenvalue weighted by atomic mass is 35.5. The molecule has 0 bridgehead atoms. The van der Waals surface area contributed by atoms with E-state index in [-0.39, 0.29) is 18.6 Å². The Morgan fingerprint density at radius 2 is 1.96 bits per heavy atom. The van der Waals surface area contributed by atoms with Gasteiger partial charge < -0.3 is 10.4 Å². The average molecular weight is 333 g/mol. The van der Waals surface area contributed by atoms with E-state index in [2.05, 4.69) is 44.5 Å². The van der Waals surface area contributed by atoms with Crippen LogP contribution in [0.4, 0.5) is 5.95 Å². The van der Waals surface area contributed by atoms with E-state index in [4.69, 9.17) is 11.6 Å². The maximum absolute atomic E-state index is 9.64. The number of halogens is 1. The van der Waals surface area contributed by atoms with E-state index in [9.17, 15) is 5.11 Å². The third-order valence-corrected chi connectivity index (χ3v) is 4.45. The molecule has 0 spiro atoms. The zero-order valence-corrected chi connectivity index (χ0v) is 13.7. The van der Waals surface area contributed by atoms with Gasteiger partial charge in [-0.05, 0) is 18.5 Å². The molecule has 1 aromatic heterocycles. The molecule has 2 atom stereocenters. The third kappa shape index (κ3) is 4.41. The highest BCUT2D eigenvalue weighted by molar-refractivity contribution is 6.30. The van der Waals surface area contributed by atoms with Crippen LogP contribution in [0.2, 0.25) is 5.02 Å². The van der Waals surface area contributed by atoms with Gasteiger partial charge in [-0.2, -0.15) is 0 Å². The number of hydrogen-bond acceptors (Lipinski definition) is 5. The van der Waals surface area contributed by atoms with Crippen molar-refractivity contribution in [2.75, 3.05) is 25.0 Å². The lowest BCUT2D eigenvalue weighted by atomic mass is 9.92. The first-order valence-electron chi connectivity index (χ1n) is 7.86. The van der Waals surface area contributed by atoms with E-state index in [0.29, 0.717) is 11.0 Å². The molecule has 0 aliphatic carbocycles. The molecular formula is C17H21ClN4O. The van der Waals surface area contributed by atoms with Crippen LogP contribution in [-0.4, -0.2) is 45.7 Å². The van der Waals surface area contributed by atoms with Gasteiger partial charge in [-0.1, -0.05) is 41.9 Å². The fraction of sp³-hybridized carbons (Fsp3) is 0.412. The first-order valence-corrected chi connectivity index (χ1v) is 8.23. The number of hydrogen-bond donors (Lipinski definition) is 2.